The molecule has 9 heteroatoms. The van der Waals surface area contributed by atoms with Gasteiger partial charge in [0.05, 0.1) is 0 Å². The quantitative estimate of drug-likeness (QED) is 0.201. The first-order chi connectivity index (χ1) is 14.8. The molecule has 0 bridgehead atoms. The van der Waals surface area contributed by atoms with Crippen LogP contribution in [-0.4, -0.2) is 64.5 Å². The molecule has 4 rings (SSSR count). The molecule has 3 heterocycles. The van der Waals surface area contributed by atoms with Crippen molar-refractivity contribution in [2.24, 2.45) is 4.99 Å². The van der Waals surface area contributed by atoms with Gasteiger partial charge in [0.25, 0.3) is 0 Å². The fourth-order valence-electron chi connectivity index (χ4n) is 3.85. The van der Waals surface area contributed by atoms with Gasteiger partial charge in [0.15, 0.2) is 5.96 Å². The zero-order chi connectivity index (χ0) is 20.8. The van der Waals surface area contributed by atoms with E-state index in [1.807, 2.05) is 0 Å². The molecule has 1 aliphatic rings. The standard InChI is InChI=1S/C22H31N7S.HI/c1-3-20-26-22(30-27-20)29-14-12-28(13-15-29)21(23-4-2)24-11-7-8-17-16-25-19-10-6-5-9-18(17)19;/h5-6,9-10,16,25H,3-4,7-8,11-15H2,1-2H3,(H,23,24);1H. The molecule has 0 radical (unpaired) electrons. The minimum absolute atomic E-state index is 0. The van der Waals surface area contributed by atoms with Gasteiger partial charge in [0, 0.05) is 74.3 Å². The summed E-state index contributed by atoms with van der Waals surface area (Å²) >= 11 is 1.51. The number of nitrogens with zero attached hydrogens (tertiary/aromatic N) is 5. The number of nitrogens with one attached hydrogen (secondary N) is 2. The Morgan fingerprint density at radius 1 is 1.19 bits per heavy atom. The van der Waals surface area contributed by atoms with Crippen LogP contribution in [0, 0.1) is 0 Å². The van der Waals surface area contributed by atoms with Crippen molar-refractivity contribution < 1.29 is 0 Å². The molecule has 1 aliphatic heterocycles. The number of hydrogen-bond donors (Lipinski definition) is 2. The van der Waals surface area contributed by atoms with E-state index < -0.39 is 0 Å². The van der Waals surface area contributed by atoms with Crippen molar-refractivity contribution >= 4 is 57.5 Å². The van der Waals surface area contributed by atoms with Crippen LogP contribution in [0.25, 0.3) is 10.9 Å². The SMILES string of the molecule is CCNC(=NCCCc1c[nH]c2ccccc12)N1CCN(c2nc(CC)ns2)CC1.I. The van der Waals surface area contributed by atoms with Crippen LogP contribution in [0.15, 0.2) is 35.5 Å². The lowest BCUT2D eigenvalue weighted by molar-refractivity contribution is 0.372. The molecule has 1 aromatic carbocycles. The number of rotatable bonds is 7. The Balaban J connectivity index is 0.00000272. The highest BCUT2D eigenvalue weighted by Crippen LogP contribution is 2.20. The number of aliphatic imine (C=N–C) groups is 1. The molecule has 7 nitrogen and oxygen atoms in total. The number of halogens is 1. The molecule has 2 aromatic heterocycles. The van der Waals surface area contributed by atoms with Crippen molar-refractivity contribution in [2.45, 2.75) is 33.1 Å². The fourth-order valence-corrected chi connectivity index (χ4v) is 4.65. The Labute approximate surface area is 205 Å². The largest absolute Gasteiger partial charge is 0.361 e. The lowest BCUT2D eigenvalue weighted by Gasteiger charge is -2.36. The second-order valence-electron chi connectivity index (χ2n) is 7.52. The van der Waals surface area contributed by atoms with Crippen LogP contribution >= 0.6 is 35.5 Å². The fraction of sp³-hybridized carbons (Fsp3) is 0.500. The van der Waals surface area contributed by atoms with Gasteiger partial charge in [-0.05, 0) is 31.4 Å². The number of anilines is 1. The van der Waals surface area contributed by atoms with E-state index in [9.17, 15) is 0 Å². The van der Waals surface area contributed by atoms with E-state index in [4.69, 9.17) is 4.99 Å². The second-order valence-corrected chi connectivity index (χ2v) is 8.25. The summed E-state index contributed by atoms with van der Waals surface area (Å²) in [4.78, 5) is 17.6. The summed E-state index contributed by atoms with van der Waals surface area (Å²) < 4.78 is 4.42. The average molecular weight is 554 g/mol. The molecule has 31 heavy (non-hydrogen) atoms. The molecule has 1 fully saturated rings. The molecular weight excluding hydrogens is 521 g/mol. The van der Waals surface area contributed by atoms with E-state index in [1.54, 1.807) is 0 Å². The van der Waals surface area contributed by atoms with E-state index in [-0.39, 0.29) is 24.0 Å². The molecule has 0 saturated carbocycles. The maximum absolute atomic E-state index is 4.91. The number of guanidine groups is 1. The average Bonchev–Trinajstić information content (AvgIpc) is 3.43. The monoisotopic (exact) mass is 553 g/mol. The number of para-hydroxylation sites is 1. The van der Waals surface area contributed by atoms with Crippen LogP contribution in [0.5, 0.6) is 0 Å². The molecule has 0 atom stereocenters. The second kappa shape index (κ2) is 11.7. The molecule has 168 valence electrons. The molecule has 0 spiro atoms. The Morgan fingerprint density at radius 3 is 2.74 bits per heavy atom. The first-order valence-electron chi connectivity index (χ1n) is 10.9. The van der Waals surface area contributed by atoms with E-state index in [0.29, 0.717) is 0 Å². The number of hydrogen-bond acceptors (Lipinski definition) is 5. The van der Waals surface area contributed by atoms with Crippen LogP contribution in [-0.2, 0) is 12.8 Å². The lowest BCUT2D eigenvalue weighted by atomic mass is 10.1. The number of aromatic nitrogens is 3. The minimum Gasteiger partial charge on any atom is -0.361 e. The smallest absolute Gasteiger partial charge is 0.205 e. The highest BCUT2D eigenvalue weighted by Gasteiger charge is 2.22. The Hall–Kier alpha value is -1.88. The van der Waals surface area contributed by atoms with E-state index in [0.717, 1.165) is 75.4 Å². The summed E-state index contributed by atoms with van der Waals surface area (Å²) in [5.74, 6) is 1.98. The predicted molar refractivity (Wildman–Crippen MR) is 141 cm³/mol. The zero-order valence-electron chi connectivity index (χ0n) is 18.3. The molecule has 3 aromatic rings. The number of piperazine rings is 1. The van der Waals surface area contributed by atoms with Crippen molar-refractivity contribution in [1.82, 2.24) is 24.6 Å². The van der Waals surface area contributed by atoms with Gasteiger partial charge >= 0.3 is 0 Å². The Kier molecular flexibility index (Phi) is 8.94. The number of fused-ring (bicyclic) bond motifs is 1. The third-order valence-electron chi connectivity index (χ3n) is 5.50. The maximum Gasteiger partial charge on any atom is 0.205 e. The van der Waals surface area contributed by atoms with Gasteiger partial charge in [0.2, 0.25) is 5.13 Å². The predicted octanol–water partition coefficient (Wildman–Crippen LogP) is 3.92. The number of aromatic amines is 1. The highest BCUT2D eigenvalue weighted by atomic mass is 127. The number of benzene rings is 1. The van der Waals surface area contributed by atoms with Crippen LogP contribution in [0.1, 0.15) is 31.7 Å². The zero-order valence-corrected chi connectivity index (χ0v) is 21.5. The minimum atomic E-state index is 0. The normalized spacial score (nSPS) is 14.7. The summed E-state index contributed by atoms with van der Waals surface area (Å²) in [5, 5.41) is 5.84. The Morgan fingerprint density at radius 2 is 2.00 bits per heavy atom. The van der Waals surface area contributed by atoms with Crippen molar-refractivity contribution in [3.63, 3.8) is 0 Å². The number of H-pyrrole nitrogens is 1. The van der Waals surface area contributed by atoms with Gasteiger partial charge in [0.1, 0.15) is 5.82 Å². The van der Waals surface area contributed by atoms with Crippen LogP contribution in [0.4, 0.5) is 5.13 Å². The van der Waals surface area contributed by atoms with Gasteiger partial charge in [-0.25, -0.2) is 4.98 Å². The van der Waals surface area contributed by atoms with Gasteiger partial charge < -0.3 is 20.1 Å². The first-order valence-corrected chi connectivity index (χ1v) is 11.7. The summed E-state index contributed by atoms with van der Waals surface area (Å²) in [7, 11) is 0. The lowest BCUT2D eigenvalue weighted by Crippen LogP contribution is -2.52. The summed E-state index contributed by atoms with van der Waals surface area (Å²) in [5.41, 5.74) is 2.59. The van der Waals surface area contributed by atoms with E-state index >= 15 is 0 Å². The molecule has 1 saturated heterocycles. The highest BCUT2D eigenvalue weighted by molar-refractivity contribution is 14.0. The summed E-state index contributed by atoms with van der Waals surface area (Å²) in [6.07, 6.45) is 5.11. The van der Waals surface area contributed by atoms with Gasteiger partial charge in [-0.1, -0.05) is 25.1 Å². The number of aryl methyl sites for hydroxylation is 2. The molecule has 0 aliphatic carbocycles. The van der Waals surface area contributed by atoms with E-state index in [2.05, 4.69) is 73.8 Å². The molecule has 0 unspecified atom stereocenters. The van der Waals surface area contributed by atoms with Gasteiger partial charge in [-0.2, -0.15) is 4.37 Å². The molecule has 0 amide bonds. The van der Waals surface area contributed by atoms with Crippen LogP contribution in [0.2, 0.25) is 0 Å². The van der Waals surface area contributed by atoms with Crippen molar-refractivity contribution in [2.75, 3.05) is 44.2 Å². The Bertz CT molecular complexity index is 975. The summed E-state index contributed by atoms with van der Waals surface area (Å²) in [6.45, 7) is 9.77. The van der Waals surface area contributed by atoms with Crippen molar-refractivity contribution in [3.8, 4) is 0 Å². The molecule has 2 N–H and O–H groups in total. The first kappa shape index (κ1) is 23.8. The van der Waals surface area contributed by atoms with E-state index in [1.165, 1.54) is 28.0 Å². The maximum atomic E-state index is 4.91. The topological polar surface area (TPSA) is 72.4 Å². The van der Waals surface area contributed by atoms with Crippen LogP contribution in [0.3, 0.4) is 0 Å². The molecular formula is C22H32IN7S. The third-order valence-corrected chi connectivity index (χ3v) is 6.31. The van der Waals surface area contributed by atoms with Gasteiger partial charge in [-0.15, -0.1) is 24.0 Å². The summed E-state index contributed by atoms with van der Waals surface area (Å²) in [6, 6.07) is 8.49. The van der Waals surface area contributed by atoms with Gasteiger partial charge in [-0.3, -0.25) is 4.99 Å². The van der Waals surface area contributed by atoms with Crippen LogP contribution < -0.4 is 10.2 Å². The van der Waals surface area contributed by atoms with Crippen molar-refractivity contribution in [3.05, 3.63) is 41.9 Å². The third kappa shape index (κ3) is 5.88. The van der Waals surface area contributed by atoms with Crippen molar-refractivity contribution in [1.29, 1.82) is 0 Å².